The van der Waals surface area contributed by atoms with Crippen LogP contribution in [0.2, 0.25) is 0 Å². The molecule has 2 nitrogen and oxygen atoms in total. The van der Waals surface area contributed by atoms with E-state index in [1.165, 1.54) is 0 Å². The second-order valence-electron chi connectivity index (χ2n) is 2.38. The zero-order valence-electron chi connectivity index (χ0n) is 6.92. The molecule has 1 rings (SSSR count). The van der Waals surface area contributed by atoms with Gasteiger partial charge in [0.05, 0.1) is 13.2 Å². The largest absolute Gasteiger partial charge is 0.378 e. The molecule has 0 aliphatic carbocycles. The Morgan fingerprint density at radius 1 is 1.33 bits per heavy atom. The van der Waals surface area contributed by atoms with Crippen LogP contribution in [0.5, 0.6) is 0 Å². The molecule has 0 atom stereocenters. The van der Waals surface area contributed by atoms with Crippen molar-refractivity contribution in [2.75, 3.05) is 26.3 Å². The third kappa shape index (κ3) is 3.14. The Hall–Kier alpha value is -1.38. The van der Waals surface area contributed by atoms with E-state index in [2.05, 4.69) is 22.7 Å². The summed E-state index contributed by atoms with van der Waals surface area (Å²) in [6.45, 7) is 3.47. The zero-order chi connectivity index (χ0) is 8.65. The highest BCUT2D eigenvalue weighted by molar-refractivity contribution is 5.27. The molecule has 12 heavy (non-hydrogen) atoms. The van der Waals surface area contributed by atoms with Crippen LogP contribution >= 0.6 is 0 Å². The van der Waals surface area contributed by atoms with Crippen LogP contribution in [0.1, 0.15) is 0 Å². The van der Waals surface area contributed by atoms with Gasteiger partial charge in [0.25, 0.3) is 0 Å². The van der Waals surface area contributed by atoms with Crippen LogP contribution < -0.4 is 0 Å². The predicted molar refractivity (Wildman–Crippen MR) is 48.1 cm³/mol. The van der Waals surface area contributed by atoms with Crippen LogP contribution in [0.3, 0.4) is 0 Å². The first-order chi connectivity index (χ1) is 5.93. The van der Waals surface area contributed by atoms with Gasteiger partial charge in [0.1, 0.15) is 0 Å². The van der Waals surface area contributed by atoms with Crippen molar-refractivity contribution in [2.45, 2.75) is 0 Å². The summed E-state index contributed by atoms with van der Waals surface area (Å²) in [5, 5.41) is 0. The van der Waals surface area contributed by atoms with Crippen LogP contribution in [0, 0.1) is 24.2 Å². The first-order valence-electron chi connectivity index (χ1n) is 3.88. The molecule has 62 valence electrons. The second-order valence-corrected chi connectivity index (χ2v) is 2.38. The molecule has 0 radical (unpaired) electrons. The number of terminal acetylenes is 1. The van der Waals surface area contributed by atoms with E-state index < -0.39 is 0 Å². The topological polar surface area (TPSA) is 12.5 Å². The monoisotopic (exact) mass is 161 g/mol. The van der Waals surface area contributed by atoms with Gasteiger partial charge in [-0.15, -0.1) is 6.42 Å². The molecule has 0 aromatic carbocycles. The van der Waals surface area contributed by atoms with Crippen molar-refractivity contribution >= 4 is 0 Å². The van der Waals surface area contributed by atoms with E-state index in [4.69, 9.17) is 11.2 Å². The number of allylic oxidation sites excluding steroid dienone is 1. The van der Waals surface area contributed by atoms with Crippen molar-refractivity contribution in [3.05, 3.63) is 12.3 Å². The van der Waals surface area contributed by atoms with Crippen LogP contribution in [0.15, 0.2) is 12.3 Å². The highest BCUT2D eigenvalue weighted by Crippen LogP contribution is 1.96. The molecule has 0 unspecified atom stereocenters. The second kappa shape index (κ2) is 5.29. The summed E-state index contributed by atoms with van der Waals surface area (Å²) in [5.41, 5.74) is 0. The average molecular weight is 161 g/mol. The minimum absolute atomic E-state index is 0.799. The highest BCUT2D eigenvalue weighted by Gasteiger charge is 2.03. The predicted octanol–water partition coefficient (Wildman–Crippen LogP) is 0.469. The number of ether oxygens (including phenoxy) is 1. The molecule has 1 saturated heterocycles. The van der Waals surface area contributed by atoms with Gasteiger partial charge in [-0.05, 0) is 11.8 Å². The molecule has 2 heteroatoms. The van der Waals surface area contributed by atoms with Crippen LogP contribution in [0.4, 0.5) is 0 Å². The SMILES string of the molecule is C#CC#CC=CN1CCOCC1. The Balaban J connectivity index is 2.29. The number of morpholine rings is 1. The van der Waals surface area contributed by atoms with E-state index in [-0.39, 0.29) is 0 Å². The van der Waals surface area contributed by atoms with Gasteiger partial charge in [-0.25, -0.2) is 0 Å². The van der Waals surface area contributed by atoms with Crippen LogP contribution in [-0.4, -0.2) is 31.2 Å². The quantitative estimate of drug-likeness (QED) is 0.518. The number of hydrogen-bond donors (Lipinski definition) is 0. The van der Waals surface area contributed by atoms with Gasteiger partial charge in [-0.2, -0.15) is 0 Å². The van der Waals surface area contributed by atoms with Crippen LogP contribution in [-0.2, 0) is 4.74 Å². The van der Waals surface area contributed by atoms with Crippen molar-refractivity contribution in [3.8, 4) is 24.2 Å². The van der Waals surface area contributed by atoms with Gasteiger partial charge in [0, 0.05) is 25.4 Å². The standard InChI is InChI=1S/C10H11NO/c1-2-3-4-5-6-11-7-9-12-10-8-11/h1,5-6H,7-10H2. The van der Waals surface area contributed by atoms with Crippen molar-refractivity contribution in [3.63, 3.8) is 0 Å². The van der Waals surface area contributed by atoms with E-state index in [0.717, 1.165) is 26.3 Å². The molecule has 1 aliphatic rings. The third-order valence-corrected chi connectivity index (χ3v) is 1.56. The molecular weight excluding hydrogens is 150 g/mol. The molecule has 0 saturated carbocycles. The van der Waals surface area contributed by atoms with Crippen molar-refractivity contribution in [2.24, 2.45) is 0 Å². The summed E-state index contributed by atoms with van der Waals surface area (Å²) in [6.07, 6.45) is 8.68. The maximum atomic E-state index is 5.18. The normalized spacial score (nSPS) is 16.8. The summed E-state index contributed by atoms with van der Waals surface area (Å²) in [7, 11) is 0. The Morgan fingerprint density at radius 3 is 2.75 bits per heavy atom. The third-order valence-electron chi connectivity index (χ3n) is 1.56. The lowest BCUT2D eigenvalue weighted by molar-refractivity contribution is 0.0594. The maximum Gasteiger partial charge on any atom is 0.0642 e. The first kappa shape index (κ1) is 8.71. The highest BCUT2D eigenvalue weighted by atomic mass is 16.5. The van der Waals surface area contributed by atoms with Gasteiger partial charge in [-0.1, -0.05) is 5.92 Å². The maximum absolute atomic E-state index is 5.18. The van der Waals surface area contributed by atoms with Crippen molar-refractivity contribution < 1.29 is 4.74 Å². The lowest BCUT2D eigenvalue weighted by atomic mass is 10.4. The molecule has 1 aliphatic heterocycles. The van der Waals surface area contributed by atoms with Crippen molar-refractivity contribution in [1.29, 1.82) is 0 Å². The lowest BCUT2D eigenvalue weighted by Gasteiger charge is -2.24. The van der Waals surface area contributed by atoms with E-state index in [9.17, 15) is 0 Å². The van der Waals surface area contributed by atoms with Gasteiger partial charge in [-0.3, -0.25) is 0 Å². The zero-order valence-corrected chi connectivity index (χ0v) is 6.92. The smallest absolute Gasteiger partial charge is 0.0642 e. The van der Waals surface area contributed by atoms with Crippen LogP contribution in [0.25, 0.3) is 0 Å². The number of nitrogens with zero attached hydrogens (tertiary/aromatic N) is 1. The molecular formula is C10H11NO. The molecule has 0 bridgehead atoms. The van der Waals surface area contributed by atoms with E-state index in [1.807, 2.05) is 6.20 Å². The lowest BCUT2D eigenvalue weighted by Crippen LogP contribution is -2.31. The Morgan fingerprint density at radius 2 is 2.08 bits per heavy atom. The fraction of sp³-hybridized carbons (Fsp3) is 0.400. The summed E-state index contributed by atoms with van der Waals surface area (Å²) in [6, 6.07) is 0. The van der Waals surface area contributed by atoms with Gasteiger partial charge < -0.3 is 9.64 Å². The summed E-state index contributed by atoms with van der Waals surface area (Å²) < 4.78 is 5.18. The van der Waals surface area contributed by atoms with Gasteiger partial charge >= 0.3 is 0 Å². The van der Waals surface area contributed by atoms with Gasteiger partial charge in [0.2, 0.25) is 0 Å². The molecule has 0 aromatic rings. The Labute approximate surface area is 73.2 Å². The average Bonchev–Trinajstić information content (AvgIpc) is 2.14. The minimum atomic E-state index is 0.799. The Kier molecular flexibility index (Phi) is 3.84. The summed E-state index contributed by atoms with van der Waals surface area (Å²) in [4.78, 5) is 2.16. The fourth-order valence-electron chi connectivity index (χ4n) is 0.953. The summed E-state index contributed by atoms with van der Waals surface area (Å²) in [5.74, 6) is 7.50. The van der Waals surface area contributed by atoms with E-state index in [0.29, 0.717) is 0 Å². The van der Waals surface area contributed by atoms with E-state index in [1.54, 1.807) is 6.08 Å². The van der Waals surface area contributed by atoms with Gasteiger partial charge in [0.15, 0.2) is 0 Å². The molecule has 1 heterocycles. The molecule has 0 N–H and O–H groups in total. The first-order valence-corrected chi connectivity index (χ1v) is 3.88. The number of rotatable bonds is 1. The van der Waals surface area contributed by atoms with E-state index >= 15 is 0 Å². The van der Waals surface area contributed by atoms with Crippen molar-refractivity contribution in [1.82, 2.24) is 4.90 Å². The molecule has 1 fully saturated rings. The molecule has 0 amide bonds. The minimum Gasteiger partial charge on any atom is -0.378 e. The number of hydrogen-bond acceptors (Lipinski definition) is 2. The summed E-state index contributed by atoms with van der Waals surface area (Å²) >= 11 is 0. The fourth-order valence-corrected chi connectivity index (χ4v) is 0.953. The Bertz CT molecular complexity index is 245. The molecule has 0 spiro atoms. The molecule has 0 aromatic heterocycles.